The van der Waals surface area contributed by atoms with E-state index in [0.29, 0.717) is 11.9 Å². The molecule has 0 spiro atoms. The van der Waals surface area contributed by atoms with Crippen molar-refractivity contribution in [3.05, 3.63) is 18.5 Å². The molecule has 2 aliphatic rings. The molecule has 0 aromatic carbocycles. The van der Waals surface area contributed by atoms with Crippen molar-refractivity contribution in [2.75, 3.05) is 36.5 Å². The van der Waals surface area contributed by atoms with Gasteiger partial charge in [0.2, 0.25) is 5.91 Å². The number of rotatable bonds is 3. The van der Waals surface area contributed by atoms with Gasteiger partial charge in [0.15, 0.2) is 5.65 Å². The van der Waals surface area contributed by atoms with Gasteiger partial charge in [0.05, 0.1) is 0 Å². The number of aromatic nitrogens is 4. The van der Waals surface area contributed by atoms with Crippen LogP contribution in [0.1, 0.15) is 19.3 Å². The van der Waals surface area contributed by atoms with Crippen LogP contribution in [-0.4, -0.2) is 68.3 Å². The fourth-order valence-electron chi connectivity index (χ4n) is 3.54. The summed E-state index contributed by atoms with van der Waals surface area (Å²) in [6.45, 7) is 1.73. The lowest BCUT2D eigenvalue weighted by molar-refractivity contribution is -0.136. The molecule has 1 atom stereocenters. The molecule has 2 saturated heterocycles. The molecule has 2 fully saturated rings. The first-order chi connectivity index (χ1) is 11.7. The van der Waals surface area contributed by atoms with E-state index >= 15 is 0 Å². The van der Waals surface area contributed by atoms with E-state index in [9.17, 15) is 4.79 Å². The Labute approximate surface area is 145 Å². The first-order valence-electron chi connectivity index (χ1n) is 8.49. The zero-order valence-corrected chi connectivity index (χ0v) is 14.7. The van der Waals surface area contributed by atoms with E-state index in [1.807, 2.05) is 35.8 Å². The standard InChI is InChI=1S/C16H22N6OS/c1-20(13-6-9-24-10-13)16(23)12-4-7-21(8-5-12)15-3-2-14-18-17-11-22(14)19-15/h2-3,11-13H,4-10H2,1H3/t13-/m0/s1. The molecule has 1 amide bonds. The first-order valence-corrected chi connectivity index (χ1v) is 9.64. The van der Waals surface area contributed by atoms with Gasteiger partial charge in [-0.15, -0.1) is 15.3 Å². The first kappa shape index (κ1) is 15.7. The second-order valence-corrected chi connectivity index (χ2v) is 7.70. The second-order valence-electron chi connectivity index (χ2n) is 6.55. The third-order valence-corrected chi connectivity index (χ3v) is 6.26. The van der Waals surface area contributed by atoms with Gasteiger partial charge in [-0.25, -0.2) is 0 Å². The van der Waals surface area contributed by atoms with Crippen LogP contribution in [0.2, 0.25) is 0 Å². The maximum absolute atomic E-state index is 12.7. The zero-order valence-electron chi connectivity index (χ0n) is 13.8. The number of hydrogen-bond donors (Lipinski definition) is 0. The van der Waals surface area contributed by atoms with E-state index in [2.05, 4.69) is 20.2 Å². The third-order valence-electron chi connectivity index (χ3n) is 5.12. The summed E-state index contributed by atoms with van der Waals surface area (Å²) in [5, 5.41) is 12.4. The van der Waals surface area contributed by atoms with Gasteiger partial charge in [0, 0.05) is 37.8 Å². The number of hydrogen-bond acceptors (Lipinski definition) is 6. The van der Waals surface area contributed by atoms with E-state index in [-0.39, 0.29) is 5.92 Å². The summed E-state index contributed by atoms with van der Waals surface area (Å²) in [6, 6.07) is 4.34. The number of carbonyl (C=O) groups is 1. The predicted octanol–water partition coefficient (Wildman–Crippen LogP) is 1.30. The van der Waals surface area contributed by atoms with Crippen LogP contribution in [0.25, 0.3) is 5.65 Å². The molecule has 0 bridgehead atoms. The lowest BCUT2D eigenvalue weighted by Crippen LogP contribution is -2.45. The Bertz CT molecular complexity index is 720. The normalized spacial score (nSPS) is 22.2. The summed E-state index contributed by atoms with van der Waals surface area (Å²) in [5.74, 6) is 3.66. The van der Waals surface area contributed by atoms with Crippen LogP contribution in [0.5, 0.6) is 0 Å². The minimum Gasteiger partial charge on any atom is -0.355 e. The number of thioether (sulfide) groups is 1. The van der Waals surface area contributed by atoms with Gasteiger partial charge >= 0.3 is 0 Å². The predicted molar refractivity (Wildman–Crippen MR) is 94.2 cm³/mol. The van der Waals surface area contributed by atoms with E-state index in [4.69, 9.17) is 0 Å². The molecule has 0 aliphatic carbocycles. The summed E-state index contributed by atoms with van der Waals surface area (Å²) in [5.41, 5.74) is 0.750. The largest absolute Gasteiger partial charge is 0.355 e. The van der Waals surface area contributed by atoms with Gasteiger partial charge in [-0.05, 0) is 37.1 Å². The molecule has 2 aliphatic heterocycles. The van der Waals surface area contributed by atoms with Crippen LogP contribution in [-0.2, 0) is 4.79 Å². The average molecular weight is 346 g/mol. The zero-order chi connectivity index (χ0) is 16.5. The fourth-order valence-corrected chi connectivity index (χ4v) is 4.81. The van der Waals surface area contributed by atoms with Crippen molar-refractivity contribution < 1.29 is 4.79 Å². The SMILES string of the molecule is CN(C(=O)C1CCN(c2ccc3nncn3n2)CC1)[C@H]1CCSC1. The van der Waals surface area contributed by atoms with Crippen LogP contribution >= 0.6 is 11.8 Å². The molecule has 4 rings (SSSR count). The van der Waals surface area contributed by atoms with E-state index in [1.165, 1.54) is 5.75 Å². The third kappa shape index (κ3) is 2.94. The highest BCUT2D eigenvalue weighted by Gasteiger charge is 2.31. The Morgan fingerprint density at radius 1 is 1.29 bits per heavy atom. The van der Waals surface area contributed by atoms with Gasteiger partial charge < -0.3 is 9.80 Å². The van der Waals surface area contributed by atoms with Crippen molar-refractivity contribution in [3.63, 3.8) is 0 Å². The molecular weight excluding hydrogens is 324 g/mol. The van der Waals surface area contributed by atoms with Crippen LogP contribution in [0, 0.1) is 5.92 Å². The second kappa shape index (κ2) is 6.58. The van der Waals surface area contributed by atoms with Gasteiger partial charge in [-0.2, -0.15) is 16.3 Å². The molecule has 128 valence electrons. The van der Waals surface area contributed by atoms with Gasteiger partial charge in [0.25, 0.3) is 0 Å². The lowest BCUT2D eigenvalue weighted by atomic mass is 9.94. The Balaban J connectivity index is 1.38. The Morgan fingerprint density at radius 2 is 2.12 bits per heavy atom. The van der Waals surface area contributed by atoms with Crippen molar-refractivity contribution in [1.82, 2.24) is 24.7 Å². The van der Waals surface area contributed by atoms with Crippen molar-refractivity contribution in [2.45, 2.75) is 25.3 Å². The van der Waals surface area contributed by atoms with E-state index in [0.717, 1.165) is 49.6 Å². The fraction of sp³-hybridized carbons (Fsp3) is 0.625. The number of anilines is 1. The summed E-state index contributed by atoms with van der Waals surface area (Å²) >= 11 is 1.95. The van der Waals surface area contributed by atoms with Crippen molar-refractivity contribution in [1.29, 1.82) is 0 Å². The highest BCUT2D eigenvalue weighted by Crippen LogP contribution is 2.27. The van der Waals surface area contributed by atoms with Gasteiger partial charge in [-0.3, -0.25) is 4.79 Å². The van der Waals surface area contributed by atoms with Crippen LogP contribution < -0.4 is 4.90 Å². The average Bonchev–Trinajstić information content (AvgIpc) is 3.31. The Hall–Kier alpha value is -1.83. The van der Waals surface area contributed by atoms with E-state index < -0.39 is 0 Å². The highest BCUT2D eigenvalue weighted by molar-refractivity contribution is 7.99. The summed E-state index contributed by atoms with van der Waals surface area (Å²) in [6.07, 6.45) is 4.54. The molecule has 2 aromatic heterocycles. The number of carbonyl (C=O) groups excluding carboxylic acids is 1. The summed E-state index contributed by atoms with van der Waals surface area (Å²) in [4.78, 5) is 17.0. The number of nitrogens with zero attached hydrogens (tertiary/aromatic N) is 6. The van der Waals surface area contributed by atoms with Crippen LogP contribution in [0.15, 0.2) is 18.5 Å². The number of amides is 1. The molecule has 4 heterocycles. The molecule has 0 unspecified atom stereocenters. The van der Waals surface area contributed by atoms with Crippen LogP contribution in [0.4, 0.5) is 5.82 Å². The summed E-state index contributed by atoms with van der Waals surface area (Å²) < 4.78 is 1.69. The molecule has 0 N–H and O–H groups in total. The van der Waals surface area contributed by atoms with Crippen molar-refractivity contribution in [3.8, 4) is 0 Å². The number of piperidine rings is 1. The lowest BCUT2D eigenvalue weighted by Gasteiger charge is -2.35. The molecule has 0 saturated carbocycles. The molecule has 0 radical (unpaired) electrons. The quantitative estimate of drug-likeness (QED) is 0.835. The molecular formula is C16H22N6OS. The smallest absolute Gasteiger partial charge is 0.225 e. The minimum atomic E-state index is 0.149. The maximum Gasteiger partial charge on any atom is 0.225 e. The number of fused-ring (bicyclic) bond motifs is 1. The van der Waals surface area contributed by atoms with Gasteiger partial charge in [-0.1, -0.05) is 0 Å². The Morgan fingerprint density at radius 3 is 2.88 bits per heavy atom. The molecule has 8 heteroatoms. The maximum atomic E-state index is 12.7. The van der Waals surface area contributed by atoms with Crippen molar-refractivity contribution in [2.24, 2.45) is 5.92 Å². The van der Waals surface area contributed by atoms with Crippen LogP contribution in [0.3, 0.4) is 0 Å². The van der Waals surface area contributed by atoms with Gasteiger partial charge in [0.1, 0.15) is 12.1 Å². The summed E-state index contributed by atoms with van der Waals surface area (Å²) in [7, 11) is 1.98. The topological polar surface area (TPSA) is 66.6 Å². The van der Waals surface area contributed by atoms with E-state index in [1.54, 1.807) is 10.8 Å². The minimum absolute atomic E-state index is 0.149. The Kier molecular flexibility index (Phi) is 4.30. The monoisotopic (exact) mass is 346 g/mol. The molecule has 7 nitrogen and oxygen atoms in total. The highest BCUT2D eigenvalue weighted by atomic mass is 32.2. The molecule has 2 aromatic rings. The molecule has 24 heavy (non-hydrogen) atoms. The van der Waals surface area contributed by atoms with Crippen molar-refractivity contribution >= 4 is 29.1 Å².